The number of aromatic nitrogens is 2. The van der Waals surface area contributed by atoms with E-state index in [4.69, 9.17) is 4.74 Å². The first-order valence-electron chi connectivity index (χ1n) is 10.1. The highest BCUT2D eigenvalue weighted by atomic mass is 16.5. The Hall–Kier alpha value is -2.10. The predicted molar refractivity (Wildman–Crippen MR) is 106 cm³/mol. The van der Waals surface area contributed by atoms with Gasteiger partial charge in [-0.15, -0.1) is 0 Å². The number of nitrogens with one attached hydrogen (secondary N) is 1. The zero-order chi connectivity index (χ0) is 18.5. The lowest BCUT2D eigenvalue weighted by Crippen LogP contribution is -2.08. The highest BCUT2D eigenvalue weighted by Gasteiger charge is 2.14. The molecule has 2 rings (SSSR count). The summed E-state index contributed by atoms with van der Waals surface area (Å²) in [5.41, 5.74) is 1.35. The number of H-pyrrole nitrogens is 1. The molecule has 26 heavy (non-hydrogen) atoms. The molecule has 0 saturated heterocycles. The lowest BCUT2D eigenvalue weighted by atomic mass is 10.1. The van der Waals surface area contributed by atoms with Gasteiger partial charge >= 0.3 is 5.97 Å². The van der Waals surface area contributed by atoms with E-state index in [1.165, 1.54) is 51.4 Å². The van der Waals surface area contributed by atoms with Gasteiger partial charge in [0.15, 0.2) is 0 Å². The molecule has 4 heteroatoms. The van der Waals surface area contributed by atoms with E-state index in [1.807, 2.05) is 18.2 Å². The van der Waals surface area contributed by atoms with Crippen LogP contribution >= 0.6 is 0 Å². The fourth-order valence-electron chi connectivity index (χ4n) is 3.11. The van der Waals surface area contributed by atoms with Crippen LogP contribution in [0.4, 0.5) is 0 Å². The summed E-state index contributed by atoms with van der Waals surface area (Å²) in [7, 11) is 0. The van der Waals surface area contributed by atoms with E-state index in [9.17, 15) is 4.79 Å². The lowest BCUT2D eigenvalue weighted by molar-refractivity contribution is 0.0498. The maximum absolute atomic E-state index is 12.4. The van der Waals surface area contributed by atoms with Crippen molar-refractivity contribution in [2.24, 2.45) is 0 Å². The molecule has 4 nitrogen and oxygen atoms in total. The maximum Gasteiger partial charge on any atom is 0.338 e. The topological polar surface area (TPSA) is 55.0 Å². The van der Waals surface area contributed by atoms with Gasteiger partial charge in [0.2, 0.25) is 0 Å². The molecule has 1 heterocycles. The zero-order valence-corrected chi connectivity index (χ0v) is 16.0. The third kappa shape index (κ3) is 7.03. The van der Waals surface area contributed by atoms with Crippen LogP contribution < -0.4 is 0 Å². The molecule has 2 aromatic rings. The molecule has 0 saturated carbocycles. The Labute approximate surface area is 157 Å². The van der Waals surface area contributed by atoms with Crippen LogP contribution in [0.2, 0.25) is 0 Å². The summed E-state index contributed by atoms with van der Waals surface area (Å²) < 4.78 is 5.46. The molecular weight excluding hydrogens is 324 g/mol. The van der Waals surface area contributed by atoms with Crippen molar-refractivity contribution in [3.63, 3.8) is 0 Å². The monoisotopic (exact) mass is 356 g/mol. The number of benzene rings is 1. The van der Waals surface area contributed by atoms with E-state index < -0.39 is 0 Å². The van der Waals surface area contributed by atoms with Crippen LogP contribution in [0.1, 0.15) is 81.5 Å². The van der Waals surface area contributed by atoms with Crippen molar-refractivity contribution in [1.82, 2.24) is 9.97 Å². The number of hydrogen-bond donors (Lipinski definition) is 1. The Bertz CT molecular complexity index is 623. The number of rotatable bonds is 13. The van der Waals surface area contributed by atoms with Crippen LogP contribution in [0.3, 0.4) is 0 Å². The average molecular weight is 357 g/mol. The Morgan fingerprint density at radius 3 is 2.27 bits per heavy atom. The fraction of sp³-hybridized carbons (Fsp3) is 0.545. The molecule has 142 valence electrons. The number of ether oxygens (including phenoxy) is 1. The van der Waals surface area contributed by atoms with Crippen LogP contribution in [0.25, 0.3) is 11.4 Å². The summed E-state index contributed by atoms with van der Waals surface area (Å²) in [5.74, 6) is 0.421. The largest absolute Gasteiger partial charge is 0.462 e. The molecule has 0 aliphatic heterocycles. The first-order chi connectivity index (χ1) is 12.8. The molecule has 1 aromatic heterocycles. The molecule has 0 radical (unpaired) electrons. The summed E-state index contributed by atoms with van der Waals surface area (Å²) in [6, 6.07) is 7.43. The van der Waals surface area contributed by atoms with Gasteiger partial charge in [0.25, 0.3) is 0 Å². The van der Waals surface area contributed by atoms with Crippen LogP contribution in [-0.2, 0) is 4.74 Å². The van der Waals surface area contributed by atoms with Crippen LogP contribution in [0.15, 0.2) is 36.7 Å². The number of imidazole rings is 1. The number of unbranched alkanes of at least 4 members (excludes halogenated alkanes) is 9. The van der Waals surface area contributed by atoms with Gasteiger partial charge < -0.3 is 9.72 Å². The number of carbonyl (C=O) groups is 1. The van der Waals surface area contributed by atoms with E-state index in [0.29, 0.717) is 18.0 Å². The van der Waals surface area contributed by atoms with Gasteiger partial charge in [0.1, 0.15) is 5.82 Å². The van der Waals surface area contributed by atoms with Crippen LogP contribution in [0, 0.1) is 0 Å². The molecule has 0 atom stereocenters. The number of aromatic amines is 1. The SMILES string of the molecule is CCCCCCCCCCCCOC(=O)c1ccccc1-c1ncc[nH]1. The lowest BCUT2D eigenvalue weighted by Gasteiger charge is -2.08. The number of carbonyl (C=O) groups excluding carboxylic acids is 1. The first-order valence-corrected chi connectivity index (χ1v) is 10.1. The molecule has 1 N–H and O–H groups in total. The van der Waals surface area contributed by atoms with Gasteiger partial charge in [0.05, 0.1) is 12.2 Å². The first kappa shape index (κ1) is 20.2. The third-order valence-corrected chi connectivity index (χ3v) is 4.63. The minimum Gasteiger partial charge on any atom is -0.462 e. The van der Waals surface area contributed by atoms with Gasteiger partial charge in [-0.25, -0.2) is 9.78 Å². The van der Waals surface area contributed by atoms with Crippen LogP contribution in [-0.4, -0.2) is 22.5 Å². The highest BCUT2D eigenvalue weighted by Crippen LogP contribution is 2.20. The van der Waals surface area contributed by atoms with Crippen molar-refractivity contribution in [2.45, 2.75) is 71.1 Å². The number of nitrogens with zero attached hydrogens (tertiary/aromatic N) is 1. The van der Waals surface area contributed by atoms with Gasteiger partial charge in [0, 0.05) is 18.0 Å². The van der Waals surface area contributed by atoms with E-state index >= 15 is 0 Å². The average Bonchev–Trinajstić information content (AvgIpc) is 3.20. The summed E-state index contributed by atoms with van der Waals surface area (Å²) in [4.78, 5) is 19.6. The Morgan fingerprint density at radius 1 is 0.962 bits per heavy atom. The van der Waals surface area contributed by atoms with Gasteiger partial charge in [-0.2, -0.15) is 0 Å². The molecule has 0 aliphatic carbocycles. The third-order valence-electron chi connectivity index (χ3n) is 4.63. The maximum atomic E-state index is 12.4. The van der Waals surface area contributed by atoms with Crippen molar-refractivity contribution in [3.8, 4) is 11.4 Å². The van der Waals surface area contributed by atoms with E-state index in [0.717, 1.165) is 18.4 Å². The molecule has 0 unspecified atom stereocenters. The second kappa shape index (κ2) is 12.3. The standard InChI is InChI=1S/C22H32N2O2/c1-2-3-4-5-6-7-8-9-10-13-18-26-22(25)20-15-12-11-14-19(20)21-23-16-17-24-21/h11-12,14-17H,2-10,13,18H2,1H3,(H,23,24). The summed E-state index contributed by atoms with van der Waals surface area (Å²) in [6.07, 6.45) is 16.1. The minimum absolute atomic E-state index is 0.270. The molecule has 0 fully saturated rings. The molecule has 1 aromatic carbocycles. The Kier molecular flexibility index (Phi) is 9.55. The quantitative estimate of drug-likeness (QED) is 0.346. The van der Waals surface area contributed by atoms with Crippen molar-refractivity contribution in [3.05, 3.63) is 42.2 Å². The van der Waals surface area contributed by atoms with Gasteiger partial charge in [-0.1, -0.05) is 82.9 Å². The van der Waals surface area contributed by atoms with Gasteiger partial charge in [-0.05, 0) is 12.5 Å². The van der Waals surface area contributed by atoms with Crippen LogP contribution in [0.5, 0.6) is 0 Å². The van der Waals surface area contributed by atoms with Crippen molar-refractivity contribution >= 4 is 5.97 Å². The molecule has 0 bridgehead atoms. The normalized spacial score (nSPS) is 10.8. The molecule has 0 spiro atoms. The molecule has 0 aliphatic rings. The van der Waals surface area contributed by atoms with E-state index in [-0.39, 0.29) is 5.97 Å². The summed E-state index contributed by atoms with van der Waals surface area (Å²) in [5, 5.41) is 0. The van der Waals surface area contributed by atoms with E-state index in [1.54, 1.807) is 18.5 Å². The van der Waals surface area contributed by atoms with Crippen molar-refractivity contribution in [2.75, 3.05) is 6.61 Å². The van der Waals surface area contributed by atoms with Gasteiger partial charge in [-0.3, -0.25) is 0 Å². The van der Waals surface area contributed by atoms with Crippen molar-refractivity contribution < 1.29 is 9.53 Å². The predicted octanol–water partition coefficient (Wildman–Crippen LogP) is 6.15. The summed E-state index contributed by atoms with van der Waals surface area (Å²) in [6.45, 7) is 2.74. The second-order valence-electron chi connectivity index (χ2n) is 6.80. The fourth-order valence-corrected chi connectivity index (χ4v) is 3.11. The Balaban J connectivity index is 1.60. The highest BCUT2D eigenvalue weighted by molar-refractivity contribution is 5.96. The van der Waals surface area contributed by atoms with E-state index in [2.05, 4.69) is 16.9 Å². The zero-order valence-electron chi connectivity index (χ0n) is 16.0. The van der Waals surface area contributed by atoms with Crippen molar-refractivity contribution in [1.29, 1.82) is 0 Å². The Morgan fingerprint density at radius 2 is 1.62 bits per heavy atom. The summed E-state index contributed by atoms with van der Waals surface area (Å²) >= 11 is 0. The number of esters is 1. The molecule has 0 amide bonds. The molecular formula is C22H32N2O2. The second-order valence-corrected chi connectivity index (χ2v) is 6.80. The number of hydrogen-bond acceptors (Lipinski definition) is 3. The smallest absolute Gasteiger partial charge is 0.338 e. The minimum atomic E-state index is -0.270.